The van der Waals surface area contributed by atoms with Crippen molar-refractivity contribution in [3.63, 3.8) is 0 Å². The van der Waals surface area contributed by atoms with Crippen molar-refractivity contribution >= 4 is 34.4 Å². The molecule has 0 aliphatic carbocycles. The molecule has 2 N–H and O–H groups in total. The van der Waals surface area contributed by atoms with E-state index in [1.165, 1.54) is 6.33 Å². The molecule has 0 aliphatic heterocycles. The van der Waals surface area contributed by atoms with Gasteiger partial charge in [-0.05, 0) is 18.2 Å². The van der Waals surface area contributed by atoms with Crippen LogP contribution in [0.4, 0.5) is 13.2 Å². The Morgan fingerprint density at radius 3 is 2.43 bits per heavy atom. The van der Waals surface area contributed by atoms with Crippen molar-refractivity contribution in [1.82, 2.24) is 19.5 Å². The largest absolute Gasteiger partial charge is 0.333 e. The Morgan fingerprint density at radius 1 is 1.04 bits per heavy atom. The second-order valence-corrected chi connectivity index (χ2v) is 6.77. The number of hydrogen-bond donors (Lipinski definition) is 2. The van der Waals surface area contributed by atoms with E-state index in [1.54, 1.807) is 22.8 Å². The van der Waals surface area contributed by atoms with Crippen LogP contribution < -0.4 is 5.49 Å². The number of hydrogen-bond acceptors (Lipinski definition) is 3. The summed E-state index contributed by atoms with van der Waals surface area (Å²) in [5, 5.41) is 8.83. The first-order chi connectivity index (χ1) is 13.3. The lowest BCUT2D eigenvalue weighted by molar-refractivity contribution is 0.496. The summed E-state index contributed by atoms with van der Waals surface area (Å²) < 4.78 is 42.5. The van der Waals surface area contributed by atoms with Gasteiger partial charge in [0.15, 0.2) is 22.8 Å². The normalized spacial score (nSPS) is 11.3. The van der Waals surface area contributed by atoms with Crippen molar-refractivity contribution in [3.8, 4) is 11.4 Å². The van der Waals surface area contributed by atoms with Gasteiger partial charge in [-0.15, -0.1) is 0 Å². The first kappa shape index (κ1) is 18.5. The van der Waals surface area contributed by atoms with Gasteiger partial charge in [-0.1, -0.05) is 29.3 Å². The van der Waals surface area contributed by atoms with Gasteiger partial charge in [-0.3, -0.25) is 5.41 Å². The van der Waals surface area contributed by atoms with Crippen molar-refractivity contribution in [2.24, 2.45) is 0 Å². The summed E-state index contributed by atoms with van der Waals surface area (Å²) in [4.78, 5) is 11.0. The SMILES string of the molecule is N=c1ncn(Cc2c(Cl)cccc2Cl)c2nc(-c3cc(F)c(F)cc3F)[nH]c12. The summed E-state index contributed by atoms with van der Waals surface area (Å²) >= 11 is 12.4. The molecule has 2 aromatic carbocycles. The molecule has 28 heavy (non-hydrogen) atoms. The summed E-state index contributed by atoms with van der Waals surface area (Å²) in [6.45, 7) is 0.187. The van der Waals surface area contributed by atoms with Gasteiger partial charge in [-0.25, -0.2) is 23.1 Å². The number of aromatic nitrogens is 4. The van der Waals surface area contributed by atoms with Crippen LogP contribution in [0.15, 0.2) is 36.7 Å². The maximum atomic E-state index is 14.1. The van der Waals surface area contributed by atoms with Gasteiger partial charge in [0.2, 0.25) is 0 Å². The van der Waals surface area contributed by atoms with Crippen LogP contribution in [0.2, 0.25) is 10.0 Å². The minimum Gasteiger partial charge on any atom is -0.333 e. The Kier molecular flexibility index (Phi) is 4.60. The number of benzene rings is 2. The minimum atomic E-state index is -1.30. The first-order valence-corrected chi connectivity index (χ1v) is 8.68. The maximum absolute atomic E-state index is 14.1. The molecule has 0 aliphatic rings. The molecule has 2 aromatic heterocycles. The number of rotatable bonds is 3. The van der Waals surface area contributed by atoms with Crippen LogP contribution in [0, 0.1) is 22.9 Å². The number of nitrogens with one attached hydrogen (secondary N) is 2. The third kappa shape index (κ3) is 3.14. The molecule has 2 heterocycles. The standard InChI is InChI=1S/C18H10Cl2F3N5/c19-10-2-1-3-11(20)9(10)6-28-7-25-16(24)15-18(28)27-17(26-15)8-4-13(22)14(23)5-12(8)21/h1-5,7,24H,6H2,(H,26,27). The Bertz CT molecular complexity index is 1260. The van der Waals surface area contributed by atoms with Crippen LogP contribution in [0.3, 0.4) is 0 Å². The summed E-state index contributed by atoms with van der Waals surface area (Å²) in [5.74, 6) is -3.56. The highest BCUT2D eigenvalue weighted by Gasteiger charge is 2.17. The quantitative estimate of drug-likeness (QED) is 0.469. The van der Waals surface area contributed by atoms with E-state index in [4.69, 9.17) is 28.6 Å². The minimum absolute atomic E-state index is 0.0631. The van der Waals surface area contributed by atoms with E-state index >= 15 is 0 Å². The van der Waals surface area contributed by atoms with Gasteiger partial charge in [0.05, 0.1) is 18.4 Å². The van der Waals surface area contributed by atoms with E-state index in [1.807, 2.05) is 0 Å². The molecule has 0 unspecified atom stereocenters. The third-order valence-electron chi connectivity index (χ3n) is 4.18. The van der Waals surface area contributed by atoms with Gasteiger partial charge >= 0.3 is 0 Å². The number of nitrogens with zero attached hydrogens (tertiary/aromatic N) is 3. The van der Waals surface area contributed by atoms with Crippen molar-refractivity contribution in [2.45, 2.75) is 6.54 Å². The Morgan fingerprint density at radius 2 is 1.71 bits per heavy atom. The van der Waals surface area contributed by atoms with Crippen LogP contribution in [0.5, 0.6) is 0 Å². The van der Waals surface area contributed by atoms with Gasteiger partial charge in [0, 0.05) is 21.7 Å². The molecular formula is C18H10Cl2F3N5. The number of H-pyrrole nitrogens is 1. The highest BCUT2D eigenvalue weighted by molar-refractivity contribution is 6.36. The first-order valence-electron chi connectivity index (χ1n) is 7.92. The summed E-state index contributed by atoms with van der Waals surface area (Å²) in [6.07, 6.45) is 1.37. The Hall–Kier alpha value is -2.84. The number of aromatic amines is 1. The molecule has 10 heteroatoms. The molecule has 5 nitrogen and oxygen atoms in total. The van der Waals surface area contributed by atoms with E-state index in [-0.39, 0.29) is 34.6 Å². The molecule has 4 aromatic rings. The van der Waals surface area contributed by atoms with Crippen LogP contribution in [0.1, 0.15) is 5.56 Å². The fourth-order valence-electron chi connectivity index (χ4n) is 2.78. The van der Waals surface area contributed by atoms with Gasteiger partial charge in [-0.2, -0.15) is 0 Å². The predicted molar refractivity (Wildman–Crippen MR) is 98.6 cm³/mol. The zero-order chi connectivity index (χ0) is 20.0. The summed E-state index contributed by atoms with van der Waals surface area (Å²) in [5.41, 5.74) is 0.662. The second-order valence-electron chi connectivity index (χ2n) is 5.95. The van der Waals surface area contributed by atoms with Crippen LogP contribution in [0.25, 0.3) is 22.6 Å². The second kappa shape index (κ2) is 6.96. The topological polar surface area (TPSA) is 70.3 Å². The fraction of sp³-hybridized carbons (Fsp3) is 0.0556. The smallest absolute Gasteiger partial charge is 0.173 e. The number of imidazole rings is 1. The highest BCUT2D eigenvalue weighted by Crippen LogP contribution is 2.27. The number of halogens is 5. The molecule has 0 atom stereocenters. The molecule has 0 amide bonds. The van der Waals surface area contributed by atoms with Gasteiger partial charge < -0.3 is 9.55 Å². The zero-order valence-corrected chi connectivity index (χ0v) is 15.4. The summed E-state index contributed by atoms with van der Waals surface area (Å²) in [6, 6.07) is 6.21. The van der Waals surface area contributed by atoms with E-state index in [0.29, 0.717) is 27.7 Å². The lowest BCUT2D eigenvalue weighted by Crippen LogP contribution is -2.13. The van der Waals surface area contributed by atoms with Crippen LogP contribution in [-0.2, 0) is 6.54 Å². The monoisotopic (exact) mass is 423 g/mol. The lowest BCUT2D eigenvalue weighted by Gasteiger charge is -2.10. The summed E-state index contributed by atoms with van der Waals surface area (Å²) in [7, 11) is 0. The molecule has 0 spiro atoms. The van der Waals surface area contributed by atoms with Crippen molar-refractivity contribution < 1.29 is 13.2 Å². The van der Waals surface area contributed by atoms with Crippen LogP contribution in [-0.4, -0.2) is 19.5 Å². The van der Waals surface area contributed by atoms with Gasteiger partial charge in [0.1, 0.15) is 17.2 Å². The molecular weight excluding hydrogens is 414 g/mol. The average molecular weight is 424 g/mol. The van der Waals surface area contributed by atoms with Crippen molar-refractivity contribution in [2.75, 3.05) is 0 Å². The average Bonchev–Trinajstić information content (AvgIpc) is 3.09. The van der Waals surface area contributed by atoms with Crippen LogP contribution >= 0.6 is 23.2 Å². The Labute approximate surface area is 165 Å². The molecule has 0 saturated heterocycles. The van der Waals surface area contributed by atoms with E-state index < -0.39 is 17.5 Å². The van der Waals surface area contributed by atoms with E-state index in [2.05, 4.69) is 15.0 Å². The molecule has 0 bridgehead atoms. The molecule has 0 saturated carbocycles. The van der Waals surface area contributed by atoms with Gasteiger partial charge in [0.25, 0.3) is 0 Å². The van der Waals surface area contributed by atoms with Crippen molar-refractivity contribution in [3.05, 3.63) is 75.2 Å². The third-order valence-corrected chi connectivity index (χ3v) is 4.88. The molecule has 142 valence electrons. The molecule has 0 radical (unpaired) electrons. The predicted octanol–water partition coefficient (Wildman–Crippen LogP) is 4.68. The highest BCUT2D eigenvalue weighted by atomic mass is 35.5. The maximum Gasteiger partial charge on any atom is 0.173 e. The lowest BCUT2D eigenvalue weighted by atomic mass is 10.2. The number of fused-ring (bicyclic) bond motifs is 1. The fourth-order valence-corrected chi connectivity index (χ4v) is 3.30. The van der Waals surface area contributed by atoms with Crippen molar-refractivity contribution in [1.29, 1.82) is 5.41 Å². The molecule has 4 rings (SSSR count). The van der Waals surface area contributed by atoms with E-state index in [9.17, 15) is 13.2 Å². The Balaban J connectivity index is 1.89. The molecule has 0 fully saturated rings. The van der Waals surface area contributed by atoms with E-state index in [0.717, 1.165) is 0 Å². The zero-order valence-electron chi connectivity index (χ0n) is 13.9.